The largest absolute Gasteiger partial charge is 0.459 e. The molecule has 26 heavy (non-hydrogen) atoms. The monoisotopic (exact) mass is 375 g/mol. The molecule has 0 saturated heterocycles. The van der Waals surface area contributed by atoms with Crippen molar-refractivity contribution in [1.29, 1.82) is 0 Å². The van der Waals surface area contributed by atoms with Crippen molar-refractivity contribution in [2.45, 2.75) is 39.5 Å². The van der Waals surface area contributed by atoms with Gasteiger partial charge in [-0.05, 0) is 39.8 Å². The van der Waals surface area contributed by atoms with Crippen molar-refractivity contribution < 1.29 is 37.2 Å². The van der Waals surface area contributed by atoms with E-state index in [4.69, 9.17) is 4.74 Å². The number of nitro benzene ring substituents is 1. The van der Waals surface area contributed by atoms with Gasteiger partial charge in [0.2, 0.25) is 0 Å². The molecule has 1 aromatic rings. The minimum absolute atomic E-state index is 0.180. The Hall–Kier alpha value is -2.78. The number of esters is 1. The maximum absolute atomic E-state index is 12.7. The molecule has 1 rings (SSSR count). The molecule has 10 heteroatoms. The number of nitrogens with zero attached hydrogens (tertiary/aromatic N) is 1. The fourth-order valence-corrected chi connectivity index (χ4v) is 2.04. The molecule has 0 heterocycles. The molecule has 0 bridgehead atoms. The Labute approximate surface area is 146 Å². The van der Waals surface area contributed by atoms with Crippen LogP contribution in [0.4, 0.5) is 18.9 Å². The van der Waals surface area contributed by atoms with Crippen molar-refractivity contribution in [2.24, 2.45) is 5.92 Å². The van der Waals surface area contributed by atoms with Gasteiger partial charge >= 0.3 is 12.1 Å². The van der Waals surface area contributed by atoms with E-state index in [0.29, 0.717) is 12.1 Å². The summed E-state index contributed by atoms with van der Waals surface area (Å²) in [5.41, 5.74) is -4.32. The van der Waals surface area contributed by atoms with Gasteiger partial charge in [-0.2, -0.15) is 13.2 Å². The molecule has 0 aromatic heterocycles. The van der Waals surface area contributed by atoms with E-state index in [0.717, 1.165) is 6.92 Å². The zero-order chi connectivity index (χ0) is 20.4. The lowest BCUT2D eigenvalue weighted by Gasteiger charge is -2.22. The second-order valence-electron chi connectivity index (χ2n) is 6.43. The molecule has 0 saturated carbocycles. The van der Waals surface area contributed by atoms with Crippen molar-refractivity contribution >= 4 is 23.2 Å². The summed E-state index contributed by atoms with van der Waals surface area (Å²) in [6.07, 6.45) is -4.86. The van der Waals surface area contributed by atoms with Crippen LogP contribution in [-0.2, 0) is 20.5 Å². The quantitative estimate of drug-likeness (QED) is 0.257. The molecule has 0 aliphatic heterocycles. The number of rotatable bonds is 5. The summed E-state index contributed by atoms with van der Waals surface area (Å²) in [7, 11) is 0. The van der Waals surface area contributed by atoms with Gasteiger partial charge < -0.3 is 4.74 Å². The Morgan fingerprint density at radius 2 is 1.69 bits per heavy atom. The SMILES string of the molecule is CC(=O)C(C(=O)OC(C)(C)C)C(=O)c1ccc(C(F)(F)F)cc1[N+](=O)[O-]. The minimum Gasteiger partial charge on any atom is -0.459 e. The molecule has 142 valence electrons. The number of carbonyl (C=O) groups is 3. The average molecular weight is 375 g/mol. The van der Waals surface area contributed by atoms with Gasteiger partial charge in [-0.25, -0.2) is 0 Å². The van der Waals surface area contributed by atoms with Gasteiger partial charge in [-0.1, -0.05) is 0 Å². The molecular weight excluding hydrogens is 359 g/mol. The fraction of sp³-hybridized carbons (Fsp3) is 0.438. The summed E-state index contributed by atoms with van der Waals surface area (Å²) < 4.78 is 43.1. The van der Waals surface area contributed by atoms with Crippen molar-refractivity contribution in [2.75, 3.05) is 0 Å². The van der Waals surface area contributed by atoms with Gasteiger partial charge in [0.25, 0.3) is 5.69 Å². The van der Waals surface area contributed by atoms with Gasteiger partial charge in [-0.15, -0.1) is 0 Å². The van der Waals surface area contributed by atoms with Crippen LogP contribution in [0.1, 0.15) is 43.6 Å². The molecule has 1 aromatic carbocycles. The summed E-state index contributed by atoms with van der Waals surface area (Å²) in [6.45, 7) is 5.34. The minimum atomic E-state index is -4.86. The van der Waals surface area contributed by atoms with Crippen molar-refractivity contribution in [3.8, 4) is 0 Å². The van der Waals surface area contributed by atoms with Gasteiger partial charge in [0.1, 0.15) is 5.60 Å². The molecule has 0 fully saturated rings. The topological polar surface area (TPSA) is 104 Å². The second-order valence-corrected chi connectivity index (χ2v) is 6.43. The highest BCUT2D eigenvalue weighted by Gasteiger charge is 2.40. The van der Waals surface area contributed by atoms with E-state index in [9.17, 15) is 37.7 Å². The summed E-state index contributed by atoms with van der Waals surface area (Å²) in [6, 6.07) is 1.22. The highest BCUT2D eigenvalue weighted by atomic mass is 19.4. The summed E-state index contributed by atoms with van der Waals surface area (Å²) in [5, 5.41) is 11.1. The Morgan fingerprint density at radius 3 is 2.08 bits per heavy atom. The van der Waals surface area contributed by atoms with Gasteiger partial charge in [-0.3, -0.25) is 24.5 Å². The fourth-order valence-electron chi connectivity index (χ4n) is 2.04. The molecule has 0 spiro atoms. The first-order chi connectivity index (χ1) is 11.6. The standard InChI is InChI=1S/C16H16F3NO6/c1-8(21)12(14(23)26-15(2,3)4)13(22)10-6-5-9(16(17,18)19)7-11(10)20(24)25/h5-7,12H,1-4H3. The van der Waals surface area contributed by atoms with Crippen LogP contribution in [0.15, 0.2) is 18.2 Å². The summed E-state index contributed by atoms with van der Waals surface area (Å²) in [5.74, 6) is -5.49. The lowest BCUT2D eigenvalue weighted by Crippen LogP contribution is -2.37. The number of ketones is 2. The molecule has 7 nitrogen and oxygen atoms in total. The molecular formula is C16H16F3NO6. The van der Waals surface area contributed by atoms with Crippen LogP contribution in [0.3, 0.4) is 0 Å². The predicted molar refractivity (Wildman–Crippen MR) is 82.4 cm³/mol. The Bertz CT molecular complexity index is 764. The first-order valence-corrected chi connectivity index (χ1v) is 7.28. The van der Waals surface area contributed by atoms with Crippen LogP contribution in [-0.4, -0.2) is 28.1 Å². The molecule has 0 radical (unpaired) electrons. The third kappa shape index (κ3) is 5.11. The van der Waals surface area contributed by atoms with Gasteiger partial charge in [0.05, 0.1) is 16.1 Å². The lowest BCUT2D eigenvalue weighted by atomic mass is 9.92. The number of hydrogen-bond donors (Lipinski definition) is 0. The van der Waals surface area contributed by atoms with Crippen molar-refractivity contribution in [3.63, 3.8) is 0 Å². The maximum Gasteiger partial charge on any atom is 0.416 e. The number of ether oxygens (including phenoxy) is 1. The number of alkyl halides is 3. The van der Waals surface area contributed by atoms with Crippen LogP contribution in [0.5, 0.6) is 0 Å². The predicted octanol–water partition coefficient (Wildman–Crippen LogP) is 3.34. The third-order valence-corrected chi connectivity index (χ3v) is 3.10. The molecule has 0 N–H and O–H groups in total. The zero-order valence-corrected chi connectivity index (χ0v) is 14.3. The highest BCUT2D eigenvalue weighted by molar-refractivity contribution is 6.23. The number of benzene rings is 1. The Morgan fingerprint density at radius 1 is 1.15 bits per heavy atom. The summed E-state index contributed by atoms with van der Waals surface area (Å²) >= 11 is 0. The van der Waals surface area contributed by atoms with Crippen molar-refractivity contribution in [1.82, 2.24) is 0 Å². The second kappa shape index (κ2) is 7.22. The first kappa shape index (κ1) is 21.3. The number of nitro groups is 1. The Kier molecular flexibility index (Phi) is 5.91. The van der Waals surface area contributed by atoms with Gasteiger partial charge in [0, 0.05) is 6.07 Å². The van der Waals surface area contributed by atoms with Crippen LogP contribution >= 0.6 is 0 Å². The van der Waals surface area contributed by atoms with E-state index >= 15 is 0 Å². The van der Waals surface area contributed by atoms with Crippen molar-refractivity contribution in [3.05, 3.63) is 39.4 Å². The highest BCUT2D eigenvalue weighted by Crippen LogP contribution is 2.34. The molecule has 0 aliphatic carbocycles. The van der Waals surface area contributed by atoms with Crippen LogP contribution in [0.2, 0.25) is 0 Å². The molecule has 1 atom stereocenters. The van der Waals surface area contributed by atoms with E-state index in [1.165, 1.54) is 20.8 Å². The normalized spacial score (nSPS) is 13.0. The third-order valence-electron chi connectivity index (χ3n) is 3.10. The molecule has 1 unspecified atom stereocenters. The van der Waals surface area contributed by atoms with E-state index in [-0.39, 0.29) is 6.07 Å². The van der Waals surface area contributed by atoms with Crippen LogP contribution < -0.4 is 0 Å². The Balaban J connectivity index is 3.42. The van der Waals surface area contributed by atoms with Crippen LogP contribution in [0, 0.1) is 16.0 Å². The van der Waals surface area contributed by atoms with E-state index in [1.54, 1.807) is 0 Å². The van der Waals surface area contributed by atoms with E-state index in [1.807, 2.05) is 0 Å². The van der Waals surface area contributed by atoms with E-state index in [2.05, 4.69) is 0 Å². The maximum atomic E-state index is 12.7. The molecule has 0 aliphatic rings. The van der Waals surface area contributed by atoms with Gasteiger partial charge in [0.15, 0.2) is 17.5 Å². The average Bonchev–Trinajstić information content (AvgIpc) is 2.43. The zero-order valence-electron chi connectivity index (χ0n) is 14.3. The lowest BCUT2D eigenvalue weighted by molar-refractivity contribution is -0.385. The smallest absolute Gasteiger partial charge is 0.416 e. The van der Waals surface area contributed by atoms with Crippen LogP contribution in [0.25, 0.3) is 0 Å². The summed E-state index contributed by atoms with van der Waals surface area (Å²) in [4.78, 5) is 46.2. The first-order valence-electron chi connectivity index (χ1n) is 7.28. The number of Topliss-reactive ketones (excluding diaryl/α,β-unsaturated/α-hetero) is 2. The van der Waals surface area contributed by atoms with E-state index < -0.39 is 57.0 Å². The molecule has 0 amide bonds. The number of carbonyl (C=O) groups excluding carboxylic acids is 3. The number of halogens is 3. The number of hydrogen-bond acceptors (Lipinski definition) is 6.